The summed E-state index contributed by atoms with van der Waals surface area (Å²) in [7, 11) is 4.60. The number of carbonyl (C=O) groups is 1. The number of halogens is 1. The second-order valence-electron chi connectivity index (χ2n) is 7.32. The molecule has 0 bridgehead atoms. The van der Waals surface area contributed by atoms with Crippen LogP contribution in [0.5, 0.6) is 17.2 Å². The number of carbonyl (C=O) groups excluding carboxylic acids is 1. The van der Waals surface area contributed by atoms with Crippen LogP contribution in [0.2, 0.25) is 0 Å². The van der Waals surface area contributed by atoms with E-state index in [1.807, 2.05) is 42.5 Å². The van der Waals surface area contributed by atoms with Crippen LogP contribution in [-0.2, 0) is 6.42 Å². The first kappa shape index (κ1) is 20.7. The number of benzene rings is 3. The van der Waals surface area contributed by atoms with Crippen LogP contribution in [-0.4, -0.2) is 38.7 Å². The third kappa shape index (κ3) is 3.81. The number of hydrogen-bond donors (Lipinski definition) is 0. The summed E-state index contributed by atoms with van der Waals surface area (Å²) in [6.45, 7) is 0.495. The monoisotopic (exact) mass is 421 g/mol. The normalized spacial score (nSPS) is 15.2. The number of nitrogens with zero attached hydrogens (tertiary/aromatic N) is 1. The highest BCUT2D eigenvalue weighted by Crippen LogP contribution is 2.41. The van der Waals surface area contributed by atoms with Gasteiger partial charge >= 0.3 is 0 Å². The van der Waals surface area contributed by atoms with Crippen LogP contribution in [0.1, 0.15) is 33.1 Å². The maximum atomic E-state index is 14.3. The van der Waals surface area contributed by atoms with Crippen molar-refractivity contribution in [3.8, 4) is 17.2 Å². The number of ether oxygens (including phenoxy) is 3. The Morgan fingerprint density at radius 1 is 0.903 bits per heavy atom. The third-order valence-corrected chi connectivity index (χ3v) is 5.65. The number of rotatable bonds is 5. The van der Waals surface area contributed by atoms with Crippen molar-refractivity contribution in [3.05, 3.63) is 88.7 Å². The van der Waals surface area contributed by atoms with E-state index in [0.29, 0.717) is 24.5 Å². The van der Waals surface area contributed by atoms with Gasteiger partial charge in [0.05, 0.1) is 27.4 Å². The molecule has 0 aliphatic carbocycles. The lowest BCUT2D eigenvalue weighted by Gasteiger charge is -2.38. The highest BCUT2D eigenvalue weighted by molar-refractivity contribution is 5.95. The van der Waals surface area contributed by atoms with Crippen molar-refractivity contribution in [1.82, 2.24) is 4.90 Å². The zero-order valence-electron chi connectivity index (χ0n) is 17.7. The standard InChI is InChI=1S/C25H24FNO4/c1-29-21-10-9-18(13-20(21)26)25(28)27-12-11-17-14-22(30-2)23(31-3)15-19(17)24(27)16-7-5-4-6-8-16/h4-10,13-15,24H,11-12H2,1-3H3/t24-/m1/s1. The maximum Gasteiger partial charge on any atom is 0.254 e. The fourth-order valence-corrected chi connectivity index (χ4v) is 4.12. The number of hydrogen-bond acceptors (Lipinski definition) is 4. The molecule has 0 aromatic heterocycles. The second-order valence-corrected chi connectivity index (χ2v) is 7.32. The Balaban J connectivity index is 1.81. The van der Waals surface area contributed by atoms with Crippen LogP contribution in [0.4, 0.5) is 4.39 Å². The Hall–Kier alpha value is -3.54. The molecule has 0 N–H and O–H groups in total. The molecule has 1 amide bonds. The topological polar surface area (TPSA) is 48.0 Å². The molecule has 31 heavy (non-hydrogen) atoms. The lowest BCUT2D eigenvalue weighted by atomic mass is 9.87. The quantitative estimate of drug-likeness (QED) is 0.602. The van der Waals surface area contributed by atoms with Crippen molar-refractivity contribution in [2.24, 2.45) is 0 Å². The minimum atomic E-state index is -0.562. The van der Waals surface area contributed by atoms with Crippen molar-refractivity contribution < 1.29 is 23.4 Å². The Labute approximate surface area is 181 Å². The summed E-state index contributed by atoms with van der Waals surface area (Å²) in [5, 5.41) is 0. The van der Waals surface area contributed by atoms with Gasteiger partial charge in [-0.2, -0.15) is 0 Å². The van der Waals surface area contributed by atoms with Gasteiger partial charge in [0.2, 0.25) is 0 Å². The smallest absolute Gasteiger partial charge is 0.254 e. The van der Waals surface area contributed by atoms with Crippen LogP contribution in [0.3, 0.4) is 0 Å². The van der Waals surface area contributed by atoms with Gasteiger partial charge in [0.15, 0.2) is 23.1 Å². The molecule has 0 spiro atoms. The van der Waals surface area contributed by atoms with E-state index < -0.39 is 5.82 Å². The first-order valence-corrected chi connectivity index (χ1v) is 10.0. The Morgan fingerprint density at radius 2 is 1.58 bits per heavy atom. The fourth-order valence-electron chi connectivity index (χ4n) is 4.12. The molecule has 4 rings (SSSR count). The molecule has 1 aliphatic rings. The molecule has 3 aromatic rings. The summed E-state index contributed by atoms with van der Waals surface area (Å²) in [4.78, 5) is 15.3. The molecule has 1 heterocycles. The van der Waals surface area contributed by atoms with E-state index in [9.17, 15) is 9.18 Å². The first-order valence-electron chi connectivity index (χ1n) is 10.0. The predicted molar refractivity (Wildman–Crippen MR) is 116 cm³/mol. The maximum absolute atomic E-state index is 14.3. The minimum absolute atomic E-state index is 0.108. The highest BCUT2D eigenvalue weighted by atomic mass is 19.1. The van der Waals surface area contributed by atoms with Crippen molar-refractivity contribution >= 4 is 5.91 Å². The molecular weight excluding hydrogens is 397 g/mol. The third-order valence-electron chi connectivity index (χ3n) is 5.65. The van der Waals surface area contributed by atoms with Crippen LogP contribution >= 0.6 is 0 Å². The first-order chi connectivity index (χ1) is 15.1. The molecular formula is C25H24FNO4. The summed E-state index contributed by atoms with van der Waals surface area (Å²) in [6, 6.07) is 17.7. The Morgan fingerprint density at radius 3 is 2.23 bits per heavy atom. The average Bonchev–Trinajstić information content (AvgIpc) is 2.82. The number of amides is 1. The summed E-state index contributed by atoms with van der Waals surface area (Å²) in [6.07, 6.45) is 0.656. The summed E-state index contributed by atoms with van der Waals surface area (Å²) in [5.41, 5.74) is 3.31. The van der Waals surface area contributed by atoms with Gasteiger partial charge in [-0.05, 0) is 53.4 Å². The number of fused-ring (bicyclic) bond motifs is 1. The van der Waals surface area contributed by atoms with Crippen molar-refractivity contribution in [1.29, 1.82) is 0 Å². The van der Waals surface area contributed by atoms with Crippen LogP contribution < -0.4 is 14.2 Å². The van der Waals surface area contributed by atoms with E-state index in [2.05, 4.69) is 0 Å². The van der Waals surface area contributed by atoms with Crippen LogP contribution in [0.25, 0.3) is 0 Å². The van der Waals surface area contributed by atoms with E-state index in [1.54, 1.807) is 25.2 Å². The lowest BCUT2D eigenvalue weighted by molar-refractivity contribution is 0.0693. The molecule has 0 fully saturated rings. The fraction of sp³-hybridized carbons (Fsp3) is 0.240. The van der Waals surface area contributed by atoms with Crippen LogP contribution in [0.15, 0.2) is 60.7 Å². The van der Waals surface area contributed by atoms with Crippen molar-refractivity contribution in [2.45, 2.75) is 12.5 Å². The van der Waals surface area contributed by atoms with Gasteiger partial charge in [-0.3, -0.25) is 4.79 Å². The van der Waals surface area contributed by atoms with E-state index in [4.69, 9.17) is 14.2 Å². The van der Waals surface area contributed by atoms with Gasteiger partial charge < -0.3 is 19.1 Å². The zero-order valence-corrected chi connectivity index (χ0v) is 17.7. The molecule has 0 saturated carbocycles. The summed E-state index contributed by atoms with van der Waals surface area (Å²) < 4.78 is 30.3. The molecule has 3 aromatic carbocycles. The minimum Gasteiger partial charge on any atom is -0.494 e. The summed E-state index contributed by atoms with van der Waals surface area (Å²) >= 11 is 0. The molecule has 6 heteroatoms. The van der Waals surface area contributed by atoms with Gasteiger partial charge in [-0.1, -0.05) is 30.3 Å². The largest absolute Gasteiger partial charge is 0.494 e. The van der Waals surface area contributed by atoms with Gasteiger partial charge in [0, 0.05) is 12.1 Å². The van der Waals surface area contributed by atoms with Gasteiger partial charge in [0.25, 0.3) is 5.91 Å². The zero-order chi connectivity index (χ0) is 22.0. The van der Waals surface area contributed by atoms with E-state index in [1.165, 1.54) is 19.2 Å². The molecule has 0 unspecified atom stereocenters. The molecule has 0 saturated heterocycles. The van der Waals surface area contributed by atoms with Crippen molar-refractivity contribution in [3.63, 3.8) is 0 Å². The van der Waals surface area contributed by atoms with Gasteiger partial charge in [0.1, 0.15) is 0 Å². The van der Waals surface area contributed by atoms with Gasteiger partial charge in [-0.15, -0.1) is 0 Å². The number of methoxy groups -OCH3 is 3. The Kier molecular flexibility index (Phi) is 5.80. The lowest BCUT2D eigenvalue weighted by Crippen LogP contribution is -2.40. The Bertz CT molecular complexity index is 1100. The molecule has 0 radical (unpaired) electrons. The highest BCUT2D eigenvalue weighted by Gasteiger charge is 2.34. The van der Waals surface area contributed by atoms with E-state index in [0.717, 1.165) is 16.7 Å². The predicted octanol–water partition coefficient (Wildman–Crippen LogP) is 4.64. The van der Waals surface area contributed by atoms with Gasteiger partial charge in [-0.25, -0.2) is 4.39 Å². The molecule has 1 aliphatic heterocycles. The molecule has 1 atom stereocenters. The average molecular weight is 421 g/mol. The van der Waals surface area contributed by atoms with E-state index in [-0.39, 0.29) is 23.3 Å². The van der Waals surface area contributed by atoms with Crippen LogP contribution in [0, 0.1) is 5.82 Å². The molecule has 160 valence electrons. The molecule has 5 nitrogen and oxygen atoms in total. The second kappa shape index (κ2) is 8.68. The van der Waals surface area contributed by atoms with Crippen molar-refractivity contribution in [2.75, 3.05) is 27.9 Å². The summed E-state index contributed by atoms with van der Waals surface area (Å²) in [5.74, 6) is 0.568. The SMILES string of the molecule is COc1ccc(C(=O)N2CCc3cc(OC)c(OC)cc3[C@H]2c2ccccc2)cc1F. The van der Waals surface area contributed by atoms with E-state index >= 15 is 0 Å².